The van der Waals surface area contributed by atoms with Crippen LogP contribution in [0, 0.1) is 0 Å². The Hall–Kier alpha value is -2.87. The molecular formula is C31H43N5O5S2. The number of hydrogen-bond acceptors (Lipinski definition) is 8. The number of hydrogen-bond donors (Lipinski definition) is 5. The van der Waals surface area contributed by atoms with Gasteiger partial charge >= 0.3 is 6.03 Å². The molecule has 2 amide bonds. The van der Waals surface area contributed by atoms with Gasteiger partial charge in [-0.25, -0.2) is 22.9 Å². The van der Waals surface area contributed by atoms with Crippen molar-refractivity contribution in [3.05, 3.63) is 65.3 Å². The van der Waals surface area contributed by atoms with Crippen molar-refractivity contribution >= 4 is 33.1 Å². The third kappa shape index (κ3) is 9.82. The van der Waals surface area contributed by atoms with Crippen LogP contribution < -0.4 is 20.7 Å². The van der Waals surface area contributed by atoms with E-state index in [0.717, 1.165) is 41.1 Å². The van der Waals surface area contributed by atoms with E-state index in [1.807, 2.05) is 44.2 Å². The zero-order valence-corrected chi connectivity index (χ0v) is 27.0. The summed E-state index contributed by atoms with van der Waals surface area (Å²) in [6, 6.07) is 14.2. The SMILES string of the molecule is CC(C)OC(O)NC1CCC(c2ncc(-c3ccc(NC(=O)NCc4ccccc4)cc3S(=O)(=O)NC(C)(C)C)s2)CC1. The largest absolute Gasteiger partial charge is 0.356 e. The molecule has 1 aliphatic carbocycles. The number of nitrogens with zero attached hydrogens (tertiary/aromatic N) is 1. The first kappa shape index (κ1) is 33.0. The highest BCUT2D eigenvalue weighted by Gasteiger charge is 2.29. The van der Waals surface area contributed by atoms with Gasteiger partial charge in [-0.3, -0.25) is 5.32 Å². The minimum absolute atomic E-state index is 0.0680. The molecule has 1 fully saturated rings. The lowest BCUT2D eigenvalue weighted by atomic mass is 9.86. The number of nitrogens with one attached hydrogen (secondary N) is 4. The third-order valence-corrected chi connectivity index (χ3v) is 9.90. The lowest BCUT2D eigenvalue weighted by Gasteiger charge is -2.30. The smallest absolute Gasteiger partial charge is 0.319 e. The molecule has 1 atom stereocenters. The molecule has 0 saturated heterocycles. The van der Waals surface area contributed by atoms with E-state index >= 15 is 0 Å². The molecule has 1 heterocycles. The first-order chi connectivity index (χ1) is 20.3. The fourth-order valence-corrected chi connectivity index (χ4v) is 7.90. The molecule has 10 nitrogen and oxygen atoms in total. The average Bonchev–Trinajstić information content (AvgIpc) is 3.41. The van der Waals surface area contributed by atoms with Crippen molar-refractivity contribution in [2.24, 2.45) is 0 Å². The Labute approximate surface area is 258 Å². The molecule has 4 rings (SSSR count). The summed E-state index contributed by atoms with van der Waals surface area (Å²) in [7, 11) is -3.94. The van der Waals surface area contributed by atoms with Gasteiger partial charge in [0, 0.05) is 41.5 Å². The van der Waals surface area contributed by atoms with Crippen LogP contribution in [0.3, 0.4) is 0 Å². The number of urea groups is 1. The summed E-state index contributed by atoms with van der Waals surface area (Å²) in [5.74, 6) is 0.252. The number of aromatic nitrogens is 1. The van der Waals surface area contributed by atoms with Gasteiger partial charge in [-0.15, -0.1) is 11.3 Å². The lowest BCUT2D eigenvalue weighted by molar-refractivity contribution is -0.150. The van der Waals surface area contributed by atoms with E-state index in [9.17, 15) is 18.3 Å². The third-order valence-electron chi connectivity index (χ3n) is 6.91. The van der Waals surface area contributed by atoms with Crippen molar-refractivity contribution in [3.8, 4) is 10.4 Å². The second kappa shape index (κ2) is 14.3. The van der Waals surface area contributed by atoms with Crippen molar-refractivity contribution in [2.75, 3.05) is 5.32 Å². The van der Waals surface area contributed by atoms with Crippen LogP contribution in [0.4, 0.5) is 10.5 Å². The fraction of sp³-hybridized carbons (Fsp3) is 0.484. The minimum Gasteiger partial charge on any atom is -0.356 e. The Morgan fingerprint density at radius 3 is 2.44 bits per heavy atom. The van der Waals surface area contributed by atoms with Crippen molar-refractivity contribution in [1.82, 2.24) is 20.3 Å². The number of rotatable bonds is 11. The van der Waals surface area contributed by atoms with E-state index in [-0.39, 0.29) is 23.0 Å². The molecule has 1 unspecified atom stereocenters. The average molecular weight is 630 g/mol. The van der Waals surface area contributed by atoms with E-state index in [2.05, 4.69) is 20.7 Å². The molecule has 3 aromatic rings. The summed E-state index contributed by atoms with van der Waals surface area (Å²) in [5.41, 5.74) is 1.14. The van der Waals surface area contributed by atoms with Crippen LogP contribution in [0.15, 0.2) is 59.6 Å². The van der Waals surface area contributed by atoms with Gasteiger partial charge in [0.15, 0.2) is 0 Å². The second-order valence-corrected chi connectivity index (χ2v) is 14.9. The maximum atomic E-state index is 13.6. The number of ether oxygens (including phenoxy) is 1. The zero-order valence-electron chi connectivity index (χ0n) is 25.4. The number of carbonyl (C=O) groups excluding carboxylic acids is 1. The van der Waals surface area contributed by atoms with Crippen LogP contribution in [0.2, 0.25) is 0 Å². The molecule has 43 heavy (non-hydrogen) atoms. The van der Waals surface area contributed by atoms with Gasteiger partial charge in [-0.2, -0.15) is 0 Å². The highest BCUT2D eigenvalue weighted by Crippen LogP contribution is 2.40. The van der Waals surface area contributed by atoms with Crippen LogP contribution in [-0.4, -0.2) is 48.6 Å². The van der Waals surface area contributed by atoms with Crippen molar-refractivity contribution in [3.63, 3.8) is 0 Å². The van der Waals surface area contributed by atoms with Gasteiger partial charge in [-0.05, 0) is 78.0 Å². The van der Waals surface area contributed by atoms with E-state index in [4.69, 9.17) is 9.72 Å². The molecule has 0 bridgehead atoms. The molecule has 12 heteroatoms. The summed E-state index contributed by atoms with van der Waals surface area (Å²) in [6.07, 6.45) is 4.23. The van der Waals surface area contributed by atoms with Gasteiger partial charge in [0.1, 0.15) is 0 Å². The number of thiazole rings is 1. The quantitative estimate of drug-likeness (QED) is 0.176. The maximum Gasteiger partial charge on any atom is 0.319 e. The number of aliphatic hydroxyl groups excluding tert-OH is 1. The van der Waals surface area contributed by atoms with Gasteiger partial charge in [0.05, 0.1) is 20.9 Å². The minimum atomic E-state index is -3.94. The van der Waals surface area contributed by atoms with Crippen molar-refractivity contribution in [2.45, 2.75) is 102 Å². The fourth-order valence-electron chi connectivity index (χ4n) is 5.04. The molecule has 0 radical (unpaired) electrons. The van der Waals surface area contributed by atoms with Crippen LogP contribution in [0.5, 0.6) is 0 Å². The topological polar surface area (TPSA) is 142 Å². The van der Waals surface area contributed by atoms with Crippen molar-refractivity contribution in [1.29, 1.82) is 0 Å². The predicted molar refractivity (Wildman–Crippen MR) is 170 cm³/mol. The first-order valence-corrected chi connectivity index (χ1v) is 16.9. The summed E-state index contributed by atoms with van der Waals surface area (Å²) in [4.78, 5) is 18.1. The molecule has 1 aliphatic rings. The van der Waals surface area contributed by atoms with Crippen LogP contribution in [0.25, 0.3) is 10.4 Å². The summed E-state index contributed by atoms with van der Waals surface area (Å²) < 4.78 is 35.3. The number of sulfonamides is 1. The first-order valence-electron chi connectivity index (χ1n) is 14.6. The van der Waals surface area contributed by atoms with Crippen LogP contribution in [0.1, 0.15) is 76.8 Å². The molecule has 2 aromatic carbocycles. The molecule has 234 valence electrons. The summed E-state index contributed by atoms with van der Waals surface area (Å²) in [6.45, 7) is 9.46. The highest BCUT2D eigenvalue weighted by atomic mass is 32.2. The van der Waals surface area contributed by atoms with E-state index in [0.29, 0.717) is 17.8 Å². The number of benzene rings is 2. The summed E-state index contributed by atoms with van der Waals surface area (Å²) in [5, 5.41) is 19.7. The number of amides is 2. The van der Waals surface area contributed by atoms with Gasteiger partial charge < -0.3 is 20.5 Å². The summed E-state index contributed by atoms with van der Waals surface area (Å²) >= 11 is 1.49. The molecular weight excluding hydrogens is 587 g/mol. The zero-order chi connectivity index (χ0) is 31.2. The standard InChI is InChI=1S/C31H43N5O5S2/c1-20(2)41-30(38)35-23-13-11-22(12-14-23)28-32-19-26(42-28)25-16-15-24(17-27(25)43(39,40)36-31(3,4)5)34-29(37)33-18-21-9-7-6-8-10-21/h6-10,15-17,19-20,22-23,30,35-36,38H,11-14,18H2,1-5H3,(H2,33,34,37). The Morgan fingerprint density at radius 1 is 1.09 bits per heavy atom. The Morgan fingerprint density at radius 2 is 1.79 bits per heavy atom. The molecule has 5 N–H and O–H groups in total. The second-order valence-electron chi connectivity index (χ2n) is 12.2. The van der Waals surface area contributed by atoms with Gasteiger partial charge in [0.25, 0.3) is 0 Å². The monoisotopic (exact) mass is 629 g/mol. The Bertz CT molecular complexity index is 1460. The van der Waals surface area contributed by atoms with Gasteiger partial charge in [-0.1, -0.05) is 36.4 Å². The predicted octanol–water partition coefficient (Wildman–Crippen LogP) is 5.53. The lowest BCUT2D eigenvalue weighted by Crippen LogP contribution is -2.42. The number of carbonyl (C=O) groups is 1. The normalized spacial score (nSPS) is 18.4. The number of anilines is 1. The Kier molecular flexibility index (Phi) is 11.0. The Balaban J connectivity index is 1.50. The molecule has 0 spiro atoms. The number of aliphatic hydroxyl groups is 1. The van der Waals surface area contributed by atoms with Gasteiger partial charge in [0.2, 0.25) is 16.4 Å². The maximum absolute atomic E-state index is 13.6. The van der Waals surface area contributed by atoms with Crippen LogP contribution in [-0.2, 0) is 21.3 Å². The van der Waals surface area contributed by atoms with Crippen molar-refractivity contribution < 1.29 is 23.1 Å². The molecule has 0 aliphatic heterocycles. The highest BCUT2D eigenvalue weighted by molar-refractivity contribution is 7.89. The molecule has 1 saturated carbocycles. The molecule has 1 aromatic heterocycles. The van der Waals surface area contributed by atoms with E-state index < -0.39 is 28.0 Å². The van der Waals surface area contributed by atoms with E-state index in [1.165, 1.54) is 17.4 Å². The van der Waals surface area contributed by atoms with Crippen LogP contribution >= 0.6 is 11.3 Å². The van der Waals surface area contributed by atoms with E-state index in [1.54, 1.807) is 39.1 Å².